The highest BCUT2D eigenvalue weighted by atomic mass is 79.9. The van der Waals surface area contributed by atoms with E-state index in [1.807, 2.05) is 37.3 Å². The SMILES string of the molecule is Cc1c(N=Cc2ccc(-c3ccc(Br)cc3C(=O)O)o2)c(=O)n(-c2ccccc2)n1C. The summed E-state index contributed by atoms with van der Waals surface area (Å²) in [6.07, 6.45) is 1.46. The number of halogens is 1. The number of hydrogen-bond acceptors (Lipinski definition) is 4. The van der Waals surface area contributed by atoms with Gasteiger partial charge in [0.05, 0.1) is 23.2 Å². The fourth-order valence-corrected chi connectivity index (χ4v) is 3.67. The number of aliphatic imine (C=N–C) groups is 1. The van der Waals surface area contributed by atoms with Crippen LogP contribution in [-0.2, 0) is 7.05 Å². The lowest BCUT2D eigenvalue weighted by Crippen LogP contribution is -2.19. The first-order chi connectivity index (χ1) is 14.9. The van der Waals surface area contributed by atoms with Crippen LogP contribution in [0.25, 0.3) is 17.0 Å². The molecule has 0 unspecified atom stereocenters. The minimum atomic E-state index is -1.05. The molecule has 4 rings (SSSR count). The Morgan fingerprint density at radius 2 is 1.87 bits per heavy atom. The monoisotopic (exact) mass is 479 g/mol. The van der Waals surface area contributed by atoms with Gasteiger partial charge in [-0.3, -0.25) is 9.48 Å². The Morgan fingerprint density at radius 1 is 1.13 bits per heavy atom. The summed E-state index contributed by atoms with van der Waals surface area (Å²) in [5.41, 5.74) is 2.10. The first-order valence-electron chi connectivity index (χ1n) is 9.38. The molecule has 0 spiro atoms. The minimum absolute atomic E-state index is 0.122. The summed E-state index contributed by atoms with van der Waals surface area (Å²) in [5, 5.41) is 9.47. The van der Waals surface area contributed by atoms with E-state index in [0.29, 0.717) is 32.9 Å². The molecule has 8 heteroatoms. The standard InChI is InChI=1S/C23H18BrN3O4/c1-14-21(22(28)27(26(14)2)16-6-4-3-5-7-16)25-13-17-9-11-20(31-17)18-10-8-15(24)12-19(18)23(29)30/h3-13H,1-2H3,(H,29,30). The molecule has 0 saturated heterocycles. The third kappa shape index (κ3) is 3.89. The van der Waals surface area contributed by atoms with E-state index in [-0.39, 0.29) is 11.1 Å². The number of rotatable bonds is 5. The largest absolute Gasteiger partial charge is 0.478 e. The summed E-state index contributed by atoms with van der Waals surface area (Å²) in [7, 11) is 1.80. The van der Waals surface area contributed by atoms with E-state index in [9.17, 15) is 14.7 Å². The second-order valence-electron chi connectivity index (χ2n) is 6.87. The van der Waals surface area contributed by atoms with Crippen molar-refractivity contribution in [3.63, 3.8) is 0 Å². The summed E-state index contributed by atoms with van der Waals surface area (Å²) in [5.74, 6) is -0.245. The molecule has 156 valence electrons. The molecular weight excluding hydrogens is 462 g/mol. The van der Waals surface area contributed by atoms with Gasteiger partial charge < -0.3 is 9.52 Å². The number of aromatic nitrogens is 2. The van der Waals surface area contributed by atoms with Gasteiger partial charge in [0.1, 0.15) is 11.5 Å². The van der Waals surface area contributed by atoms with Crippen LogP contribution in [0.1, 0.15) is 21.8 Å². The van der Waals surface area contributed by atoms with E-state index in [1.165, 1.54) is 12.3 Å². The molecule has 0 aliphatic carbocycles. The van der Waals surface area contributed by atoms with Gasteiger partial charge in [0.2, 0.25) is 0 Å². The van der Waals surface area contributed by atoms with Gasteiger partial charge in [0.15, 0.2) is 5.69 Å². The van der Waals surface area contributed by atoms with Crippen molar-refractivity contribution >= 4 is 33.8 Å². The molecule has 0 radical (unpaired) electrons. The van der Waals surface area contributed by atoms with E-state index in [0.717, 1.165) is 5.69 Å². The van der Waals surface area contributed by atoms with Crippen LogP contribution >= 0.6 is 15.9 Å². The molecule has 2 aromatic heterocycles. The number of para-hydroxylation sites is 1. The predicted octanol–water partition coefficient (Wildman–Crippen LogP) is 4.96. The fourth-order valence-electron chi connectivity index (χ4n) is 3.31. The van der Waals surface area contributed by atoms with E-state index in [4.69, 9.17) is 4.42 Å². The minimum Gasteiger partial charge on any atom is -0.478 e. The molecule has 0 fully saturated rings. The van der Waals surface area contributed by atoms with Crippen LogP contribution in [-0.4, -0.2) is 26.7 Å². The number of furan rings is 1. The number of benzene rings is 2. The lowest BCUT2D eigenvalue weighted by Gasteiger charge is -2.07. The van der Waals surface area contributed by atoms with Crippen LogP contribution < -0.4 is 5.56 Å². The molecule has 7 nitrogen and oxygen atoms in total. The zero-order valence-corrected chi connectivity index (χ0v) is 18.3. The van der Waals surface area contributed by atoms with Crippen LogP contribution in [0.2, 0.25) is 0 Å². The van der Waals surface area contributed by atoms with Gasteiger partial charge >= 0.3 is 5.97 Å². The second-order valence-corrected chi connectivity index (χ2v) is 7.78. The molecule has 0 aliphatic rings. The predicted molar refractivity (Wildman–Crippen MR) is 122 cm³/mol. The van der Waals surface area contributed by atoms with Gasteiger partial charge in [-0.05, 0) is 49.4 Å². The maximum absolute atomic E-state index is 12.9. The zero-order valence-electron chi connectivity index (χ0n) is 16.7. The Labute approximate surface area is 186 Å². The molecule has 2 heterocycles. The van der Waals surface area contributed by atoms with Gasteiger partial charge in [-0.15, -0.1) is 0 Å². The van der Waals surface area contributed by atoms with Crippen molar-refractivity contribution < 1.29 is 14.3 Å². The topological polar surface area (TPSA) is 89.7 Å². The third-order valence-electron chi connectivity index (χ3n) is 4.95. The van der Waals surface area contributed by atoms with Crippen LogP contribution in [0.5, 0.6) is 0 Å². The summed E-state index contributed by atoms with van der Waals surface area (Å²) >= 11 is 3.28. The molecule has 2 aromatic carbocycles. The smallest absolute Gasteiger partial charge is 0.336 e. The number of carboxylic acid groups (broad SMARTS) is 1. The Bertz CT molecular complexity index is 1360. The first kappa shape index (κ1) is 20.6. The number of carboxylic acids is 1. The van der Waals surface area contributed by atoms with Crippen molar-refractivity contribution in [2.75, 3.05) is 0 Å². The summed E-state index contributed by atoms with van der Waals surface area (Å²) in [6, 6.07) is 17.6. The third-order valence-corrected chi connectivity index (χ3v) is 5.44. The van der Waals surface area contributed by atoms with Gasteiger partial charge in [-0.25, -0.2) is 14.5 Å². The van der Waals surface area contributed by atoms with Crippen molar-refractivity contribution in [3.05, 3.63) is 92.5 Å². The van der Waals surface area contributed by atoms with Crippen molar-refractivity contribution in [2.45, 2.75) is 6.92 Å². The van der Waals surface area contributed by atoms with Crippen LogP contribution in [0.4, 0.5) is 5.69 Å². The Morgan fingerprint density at radius 3 is 2.58 bits per heavy atom. The lowest BCUT2D eigenvalue weighted by atomic mass is 10.1. The number of nitrogens with zero attached hydrogens (tertiary/aromatic N) is 3. The summed E-state index contributed by atoms with van der Waals surface area (Å²) in [4.78, 5) is 28.9. The zero-order chi connectivity index (χ0) is 22.1. The average Bonchev–Trinajstić information content (AvgIpc) is 3.30. The molecule has 4 aromatic rings. The maximum atomic E-state index is 12.9. The van der Waals surface area contributed by atoms with E-state index in [2.05, 4.69) is 20.9 Å². The molecule has 0 aliphatic heterocycles. The summed E-state index contributed by atoms with van der Waals surface area (Å²) < 4.78 is 9.74. The van der Waals surface area contributed by atoms with E-state index >= 15 is 0 Å². The van der Waals surface area contributed by atoms with Crippen molar-refractivity contribution in [2.24, 2.45) is 12.0 Å². The molecule has 31 heavy (non-hydrogen) atoms. The average molecular weight is 480 g/mol. The fraction of sp³-hybridized carbons (Fsp3) is 0.0870. The molecule has 0 bridgehead atoms. The molecule has 0 amide bonds. The normalized spacial score (nSPS) is 11.3. The van der Waals surface area contributed by atoms with E-state index < -0.39 is 5.97 Å². The molecular formula is C23H18BrN3O4. The molecule has 0 atom stereocenters. The highest BCUT2D eigenvalue weighted by molar-refractivity contribution is 9.10. The van der Waals surface area contributed by atoms with Gasteiger partial charge in [0, 0.05) is 17.1 Å². The lowest BCUT2D eigenvalue weighted by molar-refractivity contribution is 0.0697. The number of hydrogen-bond donors (Lipinski definition) is 1. The quantitative estimate of drug-likeness (QED) is 0.409. The van der Waals surface area contributed by atoms with Crippen molar-refractivity contribution in [1.82, 2.24) is 9.36 Å². The first-order valence-corrected chi connectivity index (χ1v) is 10.2. The van der Waals surface area contributed by atoms with Gasteiger partial charge in [0.25, 0.3) is 5.56 Å². The summed E-state index contributed by atoms with van der Waals surface area (Å²) in [6.45, 7) is 1.82. The van der Waals surface area contributed by atoms with Crippen LogP contribution in [0.3, 0.4) is 0 Å². The van der Waals surface area contributed by atoms with Gasteiger partial charge in [-0.1, -0.05) is 34.1 Å². The van der Waals surface area contributed by atoms with Crippen molar-refractivity contribution in [1.29, 1.82) is 0 Å². The second kappa shape index (κ2) is 8.23. The number of carbonyl (C=O) groups is 1. The maximum Gasteiger partial charge on any atom is 0.336 e. The highest BCUT2D eigenvalue weighted by Gasteiger charge is 2.17. The Kier molecular flexibility index (Phi) is 5.48. The van der Waals surface area contributed by atoms with Crippen molar-refractivity contribution in [3.8, 4) is 17.0 Å². The Hall–Kier alpha value is -3.65. The highest BCUT2D eigenvalue weighted by Crippen LogP contribution is 2.28. The van der Waals surface area contributed by atoms with Gasteiger partial charge in [-0.2, -0.15) is 0 Å². The van der Waals surface area contributed by atoms with E-state index in [1.54, 1.807) is 40.7 Å². The number of aromatic carboxylic acids is 1. The van der Waals surface area contributed by atoms with Crippen LogP contribution in [0.15, 0.2) is 79.3 Å². The van der Waals surface area contributed by atoms with Crippen LogP contribution in [0, 0.1) is 6.92 Å². The Balaban J connectivity index is 1.69. The molecule has 1 N–H and O–H groups in total. The molecule has 0 saturated carbocycles.